The van der Waals surface area contributed by atoms with Crippen LogP contribution in [0.3, 0.4) is 0 Å². The highest BCUT2D eigenvalue weighted by Crippen LogP contribution is 2.30. The molecule has 0 radical (unpaired) electrons. The van der Waals surface area contributed by atoms with Crippen LogP contribution in [0.15, 0.2) is 88.7 Å². The third-order valence-corrected chi connectivity index (χ3v) is 5.07. The lowest BCUT2D eigenvalue weighted by atomic mass is 10.3. The van der Waals surface area contributed by atoms with Gasteiger partial charge < -0.3 is 14.2 Å². The molecule has 0 amide bonds. The van der Waals surface area contributed by atoms with Gasteiger partial charge in [-0.1, -0.05) is 36.9 Å². The SMILES string of the molecule is CC(C)Oc1ccc(Sc2ccc(OC(C)C)cc2)cc1.CCCC(=O)Oc1ccccc1. The normalized spacial score (nSPS) is 10.4. The number of hydrogen-bond donors (Lipinski definition) is 0. The van der Waals surface area contributed by atoms with Gasteiger partial charge in [0.05, 0.1) is 12.2 Å². The molecule has 0 aromatic heterocycles. The van der Waals surface area contributed by atoms with E-state index in [2.05, 4.69) is 24.3 Å². The minimum atomic E-state index is -0.163. The second kappa shape index (κ2) is 14.3. The van der Waals surface area contributed by atoms with Gasteiger partial charge in [0, 0.05) is 16.2 Å². The van der Waals surface area contributed by atoms with Crippen molar-refractivity contribution in [1.29, 1.82) is 0 Å². The van der Waals surface area contributed by atoms with Crippen molar-refractivity contribution in [2.24, 2.45) is 0 Å². The lowest BCUT2D eigenvalue weighted by Crippen LogP contribution is -2.06. The highest BCUT2D eigenvalue weighted by atomic mass is 32.2. The fourth-order valence-electron chi connectivity index (χ4n) is 2.73. The van der Waals surface area contributed by atoms with Crippen molar-refractivity contribution in [2.45, 2.75) is 69.5 Å². The summed E-state index contributed by atoms with van der Waals surface area (Å²) >= 11 is 1.73. The van der Waals surface area contributed by atoms with Crippen LogP contribution >= 0.6 is 11.8 Å². The Morgan fingerprint density at radius 1 is 0.697 bits per heavy atom. The largest absolute Gasteiger partial charge is 0.491 e. The molecule has 0 atom stereocenters. The van der Waals surface area contributed by atoms with Crippen molar-refractivity contribution >= 4 is 17.7 Å². The fraction of sp³-hybridized carbons (Fsp3) is 0.321. The number of rotatable bonds is 9. The predicted octanol–water partition coefficient (Wildman–Crippen LogP) is 7.80. The molecule has 0 aliphatic heterocycles. The zero-order valence-electron chi connectivity index (χ0n) is 20.1. The molecule has 0 heterocycles. The third-order valence-electron chi connectivity index (χ3n) is 4.06. The lowest BCUT2D eigenvalue weighted by molar-refractivity contribution is -0.134. The van der Waals surface area contributed by atoms with E-state index in [9.17, 15) is 4.79 Å². The molecule has 3 aromatic carbocycles. The summed E-state index contributed by atoms with van der Waals surface area (Å²) in [7, 11) is 0. The van der Waals surface area contributed by atoms with E-state index in [1.54, 1.807) is 23.9 Å². The Morgan fingerprint density at radius 2 is 1.15 bits per heavy atom. The first-order valence-electron chi connectivity index (χ1n) is 11.3. The van der Waals surface area contributed by atoms with Crippen LogP contribution in [0.4, 0.5) is 0 Å². The summed E-state index contributed by atoms with van der Waals surface area (Å²) in [5, 5.41) is 0. The Balaban J connectivity index is 0.000000273. The molecular weight excluding hydrogens is 432 g/mol. The summed E-state index contributed by atoms with van der Waals surface area (Å²) in [5.41, 5.74) is 0. The maximum absolute atomic E-state index is 11.0. The molecule has 0 aliphatic carbocycles. The average Bonchev–Trinajstić information content (AvgIpc) is 2.77. The summed E-state index contributed by atoms with van der Waals surface area (Å²) in [5.74, 6) is 2.28. The molecule has 5 heteroatoms. The van der Waals surface area contributed by atoms with Crippen LogP contribution in [0, 0.1) is 0 Å². The van der Waals surface area contributed by atoms with Crippen LogP contribution in [-0.4, -0.2) is 18.2 Å². The van der Waals surface area contributed by atoms with Gasteiger partial charge >= 0.3 is 5.97 Å². The van der Waals surface area contributed by atoms with Gasteiger partial charge in [-0.05, 0) is 94.8 Å². The molecule has 0 bridgehead atoms. The van der Waals surface area contributed by atoms with Crippen molar-refractivity contribution in [3.8, 4) is 17.2 Å². The molecule has 0 aliphatic rings. The fourth-order valence-corrected chi connectivity index (χ4v) is 3.54. The zero-order valence-corrected chi connectivity index (χ0v) is 20.9. The van der Waals surface area contributed by atoms with Gasteiger partial charge in [-0.3, -0.25) is 4.79 Å². The van der Waals surface area contributed by atoms with Crippen LogP contribution in [0.25, 0.3) is 0 Å². The first-order chi connectivity index (χ1) is 15.9. The average molecular weight is 467 g/mol. The van der Waals surface area contributed by atoms with E-state index in [0.29, 0.717) is 12.2 Å². The Labute approximate surface area is 202 Å². The van der Waals surface area contributed by atoms with Crippen LogP contribution in [0.5, 0.6) is 17.2 Å². The van der Waals surface area contributed by atoms with E-state index in [1.807, 2.05) is 77.1 Å². The van der Waals surface area contributed by atoms with Gasteiger partial charge in [-0.25, -0.2) is 0 Å². The molecule has 0 fully saturated rings. The van der Waals surface area contributed by atoms with Crippen LogP contribution in [-0.2, 0) is 4.79 Å². The van der Waals surface area contributed by atoms with Gasteiger partial charge in [0.1, 0.15) is 17.2 Å². The minimum Gasteiger partial charge on any atom is -0.491 e. The number of para-hydroxylation sites is 1. The maximum Gasteiger partial charge on any atom is 0.311 e. The number of carbonyl (C=O) groups is 1. The monoisotopic (exact) mass is 466 g/mol. The lowest BCUT2D eigenvalue weighted by Gasteiger charge is -2.11. The minimum absolute atomic E-state index is 0.163. The molecular formula is C28H34O4S. The van der Waals surface area contributed by atoms with E-state index >= 15 is 0 Å². The highest BCUT2D eigenvalue weighted by molar-refractivity contribution is 7.99. The summed E-state index contributed by atoms with van der Waals surface area (Å²) < 4.78 is 16.3. The Kier molecular flexibility index (Phi) is 11.4. The second-order valence-corrected chi connectivity index (χ2v) is 9.06. The third kappa shape index (κ3) is 11.0. The quantitative estimate of drug-likeness (QED) is 0.238. The molecule has 0 unspecified atom stereocenters. The molecule has 0 N–H and O–H groups in total. The Morgan fingerprint density at radius 3 is 1.55 bits per heavy atom. The van der Waals surface area contributed by atoms with E-state index in [4.69, 9.17) is 14.2 Å². The van der Waals surface area contributed by atoms with Crippen molar-refractivity contribution in [3.05, 3.63) is 78.9 Å². The van der Waals surface area contributed by atoms with E-state index in [1.165, 1.54) is 9.79 Å². The van der Waals surface area contributed by atoms with Crippen molar-refractivity contribution in [3.63, 3.8) is 0 Å². The highest BCUT2D eigenvalue weighted by Gasteiger charge is 2.03. The van der Waals surface area contributed by atoms with E-state index in [0.717, 1.165) is 17.9 Å². The van der Waals surface area contributed by atoms with Crippen LogP contribution in [0.1, 0.15) is 47.5 Å². The van der Waals surface area contributed by atoms with Crippen LogP contribution in [0.2, 0.25) is 0 Å². The maximum atomic E-state index is 11.0. The number of esters is 1. The number of ether oxygens (including phenoxy) is 3. The first-order valence-corrected chi connectivity index (χ1v) is 12.1. The molecule has 4 nitrogen and oxygen atoms in total. The smallest absolute Gasteiger partial charge is 0.311 e. The number of benzene rings is 3. The van der Waals surface area contributed by atoms with Gasteiger partial charge in [-0.15, -0.1) is 0 Å². The molecule has 0 saturated carbocycles. The summed E-state index contributed by atoms with van der Waals surface area (Å²) in [4.78, 5) is 13.4. The first kappa shape index (κ1) is 26.3. The van der Waals surface area contributed by atoms with Gasteiger partial charge in [0.2, 0.25) is 0 Å². The van der Waals surface area contributed by atoms with Gasteiger partial charge in [0.25, 0.3) is 0 Å². The number of hydrogen-bond acceptors (Lipinski definition) is 5. The molecule has 3 aromatic rings. The summed E-state index contributed by atoms with van der Waals surface area (Å²) in [6, 6.07) is 25.5. The standard InChI is InChI=1S/C18H22O2S.C10H12O2/c1-13(2)19-15-5-9-17(10-6-15)21-18-11-7-16(8-12-18)20-14(3)4;1-2-6-10(11)12-9-7-4-3-5-8-9/h5-14H,1-4H3;3-5,7-8H,2,6H2,1H3. The van der Waals surface area contributed by atoms with E-state index < -0.39 is 0 Å². The predicted molar refractivity (Wildman–Crippen MR) is 136 cm³/mol. The second-order valence-electron chi connectivity index (χ2n) is 7.92. The summed E-state index contributed by atoms with van der Waals surface area (Å²) in [6.07, 6.45) is 1.72. The molecule has 0 spiro atoms. The molecule has 0 saturated heterocycles. The Bertz CT molecular complexity index is 884. The number of carbonyl (C=O) groups excluding carboxylic acids is 1. The van der Waals surface area contributed by atoms with Crippen molar-refractivity contribution in [2.75, 3.05) is 0 Å². The van der Waals surface area contributed by atoms with Crippen molar-refractivity contribution < 1.29 is 19.0 Å². The molecule has 3 rings (SSSR count). The van der Waals surface area contributed by atoms with Crippen molar-refractivity contribution in [1.82, 2.24) is 0 Å². The van der Waals surface area contributed by atoms with E-state index in [-0.39, 0.29) is 18.2 Å². The molecule has 176 valence electrons. The zero-order chi connectivity index (χ0) is 24.1. The van der Waals surface area contributed by atoms with Gasteiger partial charge in [0.15, 0.2) is 0 Å². The van der Waals surface area contributed by atoms with Crippen LogP contribution < -0.4 is 14.2 Å². The van der Waals surface area contributed by atoms with Gasteiger partial charge in [-0.2, -0.15) is 0 Å². The Hall–Kier alpha value is -2.92. The molecule has 33 heavy (non-hydrogen) atoms. The summed E-state index contributed by atoms with van der Waals surface area (Å²) in [6.45, 7) is 10.1. The topological polar surface area (TPSA) is 44.8 Å².